The van der Waals surface area contributed by atoms with Gasteiger partial charge in [-0.1, -0.05) is 44.5 Å². The third-order valence-corrected chi connectivity index (χ3v) is 2.99. The molecular weight excluding hydrogens is 234 g/mol. The molecule has 2 atom stereocenters. The van der Waals surface area contributed by atoms with E-state index in [-0.39, 0.29) is 17.6 Å². The van der Waals surface area contributed by atoms with Crippen LogP contribution in [-0.2, 0) is 4.74 Å². The Morgan fingerprint density at radius 3 is 2.47 bits per heavy atom. The average Bonchev–Trinajstić information content (AvgIpc) is 2.23. The van der Waals surface area contributed by atoms with Crippen LogP contribution in [-0.4, -0.2) is 12.7 Å². The summed E-state index contributed by atoms with van der Waals surface area (Å²) in [5, 5.41) is 0.710. The third-order valence-electron chi connectivity index (χ3n) is 2.76. The molecule has 2 N–H and O–H groups in total. The third kappa shape index (κ3) is 3.98. The highest BCUT2D eigenvalue weighted by molar-refractivity contribution is 6.30. The van der Waals surface area contributed by atoms with Crippen LogP contribution in [0.1, 0.15) is 39.3 Å². The summed E-state index contributed by atoms with van der Waals surface area (Å²) in [6.07, 6.45) is -0.0223. The van der Waals surface area contributed by atoms with Gasteiger partial charge in [-0.05, 0) is 30.0 Å². The van der Waals surface area contributed by atoms with E-state index >= 15 is 0 Å². The lowest BCUT2D eigenvalue weighted by Gasteiger charge is -2.35. The van der Waals surface area contributed by atoms with E-state index in [1.165, 1.54) is 0 Å². The number of halogens is 1. The van der Waals surface area contributed by atoms with E-state index in [2.05, 4.69) is 20.8 Å². The molecule has 1 rings (SSSR count). The van der Waals surface area contributed by atoms with Crippen molar-refractivity contribution in [3.63, 3.8) is 0 Å². The van der Waals surface area contributed by atoms with Crippen molar-refractivity contribution < 1.29 is 4.74 Å². The van der Waals surface area contributed by atoms with Crippen molar-refractivity contribution in [1.82, 2.24) is 0 Å². The van der Waals surface area contributed by atoms with Gasteiger partial charge in [0, 0.05) is 11.6 Å². The molecule has 0 spiro atoms. The number of nitrogens with two attached hydrogens (primary N) is 1. The van der Waals surface area contributed by atoms with Gasteiger partial charge < -0.3 is 10.5 Å². The maximum atomic E-state index is 6.30. The van der Waals surface area contributed by atoms with Gasteiger partial charge >= 0.3 is 0 Å². The highest BCUT2D eigenvalue weighted by Gasteiger charge is 2.31. The van der Waals surface area contributed by atoms with Gasteiger partial charge in [0.2, 0.25) is 0 Å². The van der Waals surface area contributed by atoms with E-state index < -0.39 is 0 Å². The van der Waals surface area contributed by atoms with Gasteiger partial charge in [0.1, 0.15) is 0 Å². The summed E-state index contributed by atoms with van der Waals surface area (Å²) in [5.41, 5.74) is 7.31. The molecule has 0 aromatic heterocycles. The van der Waals surface area contributed by atoms with Crippen molar-refractivity contribution in [1.29, 1.82) is 0 Å². The zero-order chi connectivity index (χ0) is 13.1. The van der Waals surface area contributed by atoms with Crippen LogP contribution < -0.4 is 5.73 Å². The largest absolute Gasteiger partial charge is 0.376 e. The molecule has 17 heavy (non-hydrogen) atoms. The van der Waals surface area contributed by atoms with Crippen molar-refractivity contribution in [2.45, 2.75) is 39.8 Å². The summed E-state index contributed by atoms with van der Waals surface area (Å²) in [6.45, 7) is 9.06. The van der Waals surface area contributed by atoms with Crippen molar-refractivity contribution in [3.8, 4) is 0 Å². The normalized spacial score (nSPS) is 15.6. The maximum absolute atomic E-state index is 6.30. The van der Waals surface area contributed by atoms with Gasteiger partial charge in [-0.3, -0.25) is 0 Å². The highest BCUT2D eigenvalue weighted by atomic mass is 35.5. The zero-order valence-electron chi connectivity index (χ0n) is 11.0. The monoisotopic (exact) mass is 255 g/mol. The molecule has 0 aliphatic rings. The Balaban J connectivity index is 2.95. The smallest absolute Gasteiger partial charge is 0.0815 e. The predicted molar refractivity (Wildman–Crippen MR) is 73.2 cm³/mol. The SMILES string of the molecule is CCOC(C(N)c1cccc(Cl)c1)C(C)(C)C. The second-order valence-corrected chi connectivity index (χ2v) is 5.76. The Kier molecular flexibility index (Phi) is 4.99. The lowest BCUT2D eigenvalue weighted by Crippen LogP contribution is -2.39. The molecule has 0 saturated carbocycles. The molecule has 0 amide bonds. The van der Waals surface area contributed by atoms with Crippen LogP contribution in [0.15, 0.2) is 24.3 Å². The second-order valence-electron chi connectivity index (χ2n) is 5.32. The summed E-state index contributed by atoms with van der Waals surface area (Å²) < 4.78 is 5.79. The van der Waals surface area contributed by atoms with Gasteiger partial charge in [0.15, 0.2) is 0 Å². The van der Waals surface area contributed by atoms with E-state index in [9.17, 15) is 0 Å². The molecule has 0 bridgehead atoms. The number of rotatable bonds is 4. The number of ether oxygens (including phenoxy) is 1. The summed E-state index contributed by atoms with van der Waals surface area (Å²) in [4.78, 5) is 0. The average molecular weight is 256 g/mol. The molecule has 1 aromatic carbocycles. The highest BCUT2D eigenvalue weighted by Crippen LogP contribution is 2.32. The van der Waals surface area contributed by atoms with Gasteiger partial charge in [-0.2, -0.15) is 0 Å². The number of hydrogen-bond acceptors (Lipinski definition) is 2. The van der Waals surface area contributed by atoms with Crippen LogP contribution in [0, 0.1) is 5.41 Å². The Morgan fingerprint density at radius 1 is 1.35 bits per heavy atom. The molecule has 3 heteroatoms. The Morgan fingerprint density at radius 2 is 2.00 bits per heavy atom. The summed E-state index contributed by atoms with van der Waals surface area (Å²) in [7, 11) is 0. The molecular formula is C14H22ClNO. The predicted octanol–water partition coefficient (Wildman–Crippen LogP) is 3.79. The standard InChI is InChI=1S/C14H22ClNO/c1-5-17-13(14(2,3)4)12(16)10-7-6-8-11(15)9-10/h6-9,12-13H,5,16H2,1-4H3. The van der Waals surface area contributed by atoms with Gasteiger partial charge in [-0.15, -0.1) is 0 Å². The fourth-order valence-electron chi connectivity index (χ4n) is 1.96. The summed E-state index contributed by atoms with van der Waals surface area (Å²) >= 11 is 5.99. The topological polar surface area (TPSA) is 35.2 Å². The first-order chi connectivity index (χ1) is 7.86. The minimum Gasteiger partial charge on any atom is -0.376 e. The quantitative estimate of drug-likeness (QED) is 0.889. The molecule has 1 aromatic rings. The van der Waals surface area contributed by atoms with Crippen LogP contribution in [0.5, 0.6) is 0 Å². The Bertz CT molecular complexity index is 359. The van der Waals surface area contributed by atoms with E-state index in [4.69, 9.17) is 22.1 Å². The molecule has 2 nitrogen and oxygen atoms in total. The van der Waals surface area contributed by atoms with Gasteiger partial charge in [0.05, 0.1) is 12.1 Å². The van der Waals surface area contributed by atoms with Crippen molar-refractivity contribution >= 4 is 11.6 Å². The van der Waals surface area contributed by atoms with Crippen LogP contribution in [0.2, 0.25) is 5.02 Å². The first-order valence-electron chi connectivity index (χ1n) is 5.99. The van der Waals surface area contributed by atoms with Crippen LogP contribution in [0.25, 0.3) is 0 Å². The lowest BCUT2D eigenvalue weighted by molar-refractivity contribution is -0.0283. The molecule has 0 fully saturated rings. The molecule has 96 valence electrons. The fourth-order valence-corrected chi connectivity index (χ4v) is 2.16. The molecule has 0 saturated heterocycles. The van der Waals surface area contributed by atoms with Crippen LogP contribution in [0.3, 0.4) is 0 Å². The molecule has 2 unspecified atom stereocenters. The first kappa shape index (κ1) is 14.5. The maximum Gasteiger partial charge on any atom is 0.0815 e. The van der Waals surface area contributed by atoms with Crippen LogP contribution in [0.4, 0.5) is 0 Å². The fraction of sp³-hybridized carbons (Fsp3) is 0.571. The van der Waals surface area contributed by atoms with Crippen molar-refractivity contribution in [2.24, 2.45) is 11.1 Å². The second kappa shape index (κ2) is 5.85. The van der Waals surface area contributed by atoms with Gasteiger partial charge in [-0.25, -0.2) is 0 Å². The van der Waals surface area contributed by atoms with E-state index in [1.807, 2.05) is 31.2 Å². The van der Waals surface area contributed by atoms with E-state index in [0.717, 1.165) is 5.56 Å². The molecule has 0 aliphatic carbocycles. The number of benzene rings is 1. The van der Waals surface area contributed by atoms with E-state index in [0.29, 0.717) is 11.6 Å². The van der Waals surface area contributed by atoms with Crippen molar-refractivity contribution in [3.05, 3.63) is 34.9 Å². The Labute approximate surface area is 109 Å². The Hall–Kier alpha value is -0.570. The van der Waals surface area contributed by atoms with E-state index in [1.54, 1.807) is 0 Å². The number of hydrogen-bond donors (Lipinski definition) is 1. The zero-order valence-corrected chi connectivity index (χ0v) is 11.8. The molecule has 0 heterocycles. The molecule has 0 radical (unpaired) electrons. The minimum atomic E-state index is -0.159. The summed E-state index contributed by atoms with van der Waals surface area (Å²) in [5.74, 6) is 0. The first-order valence-corrected chi connectivity index (χ1v) is 6.36. The molecule has 0 aliphatic heterocycles. The summed E-state index contributed by atoms with van der Waals surface area (Å²) in [6, 6.07) is 7.51. The van der Waals surface area contributed by atoms with Gasteiger partial charge in [0.25, 0.3) is 0 Å². The van der Waals surface area contributed by atoms with Crippen LogP contribution >= 0.6 is 11.6 Å². The minimum absolute atomic E-state index is 0.00224. The van der Waals surface area contributed by atoms with Crippen molar-refractivity contribution in [2.75, 3.05) is 6.61 Å². The lowest BCUT2D eigenvalue weighted by atomic mass is 9.82.